The Hall–Kier alpha value is -1.63. The van der Waals surface area contributed by atoms with E-state index in [1.807, 2.05) is 0 Å². The minimum atomic E-state index is -0.960. The van der Waals surface area contributed by atoms with Crippen molar-refractivity contribution in [3.8, 4) is 0 Å². The molecule has 0 atom stereocenters. The molecule has 0 aliphatic carbocycles. The van der Waals surface area contributed by atoms with Crippen molar-refractivity contribution >= 4 is 17.8 Å². The van der Waals surface area contributed by atoms with Crippen molar-refractivity contribution in [3.63, 3.8) is 0 Å². The van der Waals surface area contributed by atoms with E-state index in [2.05, 4.69) is 10.6 Å². The zero-order valence-corrected chi connectivity index (χ0v) is 10.2. The summed E-state index contributed by atoms with van der Waals surface area (Å²) >= 11 is 0. The first-order valence-electron chi connectivity index (χ1n) is 5.41. The van der Waals surface area contributed by atoms with Gasteiger partial charge in [0.05, 0.1) is 13.1 Å². The molecule has 7 heteroatoms. The molecule has 0 fully saturated rings. The average molecular weight is 245 g/mol. The van der Waals surface area contributed by atoms with E-state index in [1.54, 1.807) is 6.92 Å². The highest BCUT2D eigenvalue weighted by atomic mass is 16.4. The zero-order valence-electron chi connectivity index (χ0n) is 10.2. The fourth-order valence-electron chi connectivity index (χ4n) is 1.17. The van der Waals surface area contributed by atoms with Crippen molar-refractivity contribution in [2.45, 2.75) is 13.8 Å². The van der Waals surface area contributed by atoms with Crippen LogP contribution in [0.1, 0.15) is 13.8 Å². The van der Waals surface area contributed by atoms with Crippen LogP contribution in [0.2, 0.25) is 0 Å². The first kappa shape index (κ1) is 15.4. The van der Waals surface area contributed by atoms with Gasteiger partial charge in [-0.15, -0.1) is 0 Å². The summed E-state index contributed by atoms with van der Waals surface area (Å²) < 4.78 is 0. The van der Waals surface area contributed by atoms with Crippen LogP contribution in [0, 0.1) is 0 Å². The van der Waals surface area contributed by atoms with E-state index in [9.17, 15) is 14.4 Å². The summed E-state index contributed by atoms with van der Waals surface area (Å²) in [6.45, 7) is 4.26. The lowest BCUT2D eigenvalue weighted by Crippen LogP contribution is -2.41. The molecule has 0 aliphatic heterocycles. The van der Waals surface area contributed by atoms with Gasteiger partial charge in [-0.2, -0.15) is 0 Å². The molecular weight excluding hydrogens is 226 g/mol. The number of carbonyl (C=O) groups excluding carboxylic acids is 2. The Morgan fingerprint density at radius 2 is 1.71 bits per heavy atom. The quantitative estimate of drug-likeness (QED) is 0.459. The second-order valence-electron chi connectivity index (χ2n) is 3.53. The molecule has 17 heavy (non-hydrogen) atoms. The Morgan fingerprint density at radius 3 is 2.18 bits per heavy atom. The second kappa shape index (κ2) is 8.51. The van der Waals surface area contributed by atoms with Crippen molar-refractivity contribution in [3.05, 3.63) is 0 Å². The van der Waals surface area contributed by atoms with Gasteiger partial charge in [-0.25, -0.2) is 0 Å². The number of carboxylic acid groups (broad SMARTS) is 1. The highest BCUT2D eigenvalue weighted by Gasteiger charge is 2.11. The fourth-order valence-corrected chi connectivity index (χ4v) is 1.17. The summed E-state index contributed by atoms with van der Waals surface area (Å²) in [5.41, 5.74) is 0. The van der Waals surface area contributed by atoms with Crippen molar-refractivity contribution in [2.75, 3.05) is 32.7 Å². The Balaban J connectivity index is 3.75. The van der Waals surface area contributed by atoms with Crippen LogP contribution in [0.5, 0.6) is 0 Å². The number of carboxylic acids is 1. The van der Waals surface area contributed by atoms with Crippen LogP contribution in [-0.4, -0.2) is 60.5 Å². The molecule has 0 unspecified atom stereocenters. The summed E-state index contributed by atoms with van der Waals surface area (Å²) in [6.07, 6.45) is 0. The van der Waals surface area contributed by atoms with Gasteiger partial charge in [-0.1, -0.05) is 6.92 Å². The molecule has 2 amide bonds. The SMILES string of the molecule is CCN(CC(=O)O)CC(=O)NCCNC(C)=O. The number of aliphatic carboxylic acids is 1. The Morgan fingerprint density at radius 1 is 1.12 bits per heavy atom. The number of nitrogens with one attached hydrogen (secondary N) is 2. The maximum atomic E-state index is 11.4. The summed E-state index contributed by atoms with van der Waals surface area (Å²) in [4.78, 5) is 33.9. The minimum absolute atomic E-state index is 0.0445. The molecule has 0 aliphatic rings. The summed E-state index contributed by atoms with van der Waals surface area (Å²) in [5.74, 6) is -1.36. The topological polar surface area (TPSA) is 98.7 Å². The molecule has 0 saturated carbocycles. The van der Waals surface area contributed by atoms with Gasteiger partial charge in [0.2, 0.25) is 11.8 Å². The smallest absolute Gasteiger partial charge is 0.317 e. The van der Waals surface area contributed by atoms with Gasteiger partial charge >= 0.3 is 5.97 Å². The molecule has 0 aromatic heterocycles. The number of hydrogen-bond donors (Lipinski definition) is 3. The zero-order chi connectivity index (χ0) is 13.3. The maximum Gasteiger partial charge on any atom is 0.317 e. The van der Waals surface area contributed by atoms with E-state index >= 15 is 0 Å². The van der Waals surface area contributed by atoms with Gasteiger partial charge in [0.15, 0.2) is 0 Å². The van der Waals surface area contributed by atoms with Gasteiger partial charge in [0.1, 0.15) is 0 Å². The van der Waals surface area contributed by atoms with Gasteiger partial charge in [0.25, 0.3) is 0 Å². The van der Waals surface area contributed by atoms with Gasteiger partial charge < -0.3 is 15.7 Å². The summed E-state index contributed by atoms with van der Waals surface area (Å²) in [6, 6.07) is 0. The Bertz CT molecular complexity index is 281. The highest BCUT2D eigenvalue weighted by Crippen LogP contribution is 1.86. The first-order chi connectivity index (χ1) is 7.95. The van der Waals surface area contributed by atoms with Crippen molar-refractivity contribution < 1.29 is 19.5 Å². The van der Waals surface area contributed by atoms with E-state index < -0.39 is 5.97 Å². The van der Waals surface area contributed by atoms with Crippen LogP contribution in [0.4, 0.5) is 0 Å². The van der Waals surface area contributed by atoms with Gasteiger partial charge in [-0.3, -0.25) is 19.3 Å². The predicted molar refractivity (Wildman–Crippen MR) is 61.4 cm³/mol. The molecule has 98 valence electrons. The predicted octanol–water partition coefficient (Wildman–Crippen LogP) is -1.35. The standard InChI is InChI=1S/C10H19N3O4/c1-3-13(7-10(16)17)6-9(15)12-5-4-11-8(2)14/h3-7H2,1-2H3,(H,11,14)(H,12,15)(H,16,17). The molecule has 0 bridgehead atoms. The molecule has 0 radical (unpaired) electrons. The largest absolute Gasteiger partial charge is 0.480 e. The van der Waals surface area contributed by atoms with E-state index in [-0.39, 0.29) is 24.9 Å². The lowest BCUT2D eigenvalue weighted by atomic mass is 10.4. The van der Waals surface area contributed by atoms with Crippen LogP contribution >= 0.6 is 0 Å². The molecule has 0 rings (SSSR count). The van der Waals surface area contributed by atoms with E-state index in [0.29, 0.717) is 19.6 Å². The lowest BCUT2D eigenvalue weighted by molar-refractivity contribution is -0.138. The third-order valence-corrected chi connectivity index (χ3v) is 1.99. The van der Waals surface area contributed by atoms with E-state index in [0.717, 1.165) is 0 Å². The minimum Gasteiger partial charge on any atom is -0.480 e. The monoisotopic (exact) mass is 245 g/mol. The maximum absolute atomic E-state index is 11.4. The van der Waals surface area contributed by atoms with Crippen LogP contribution in [0.3, 0.4) is 0 Å². The van der Waals surface area contributed by atoms with E-state index in [1.165, 1.54) is 11.8 Å². The number of hydrogen-bond acceptors (Lipinski definition) is 4. The van der Waals surface area contributed by atoms with Gasteiger partial charge in [0, 0.05) is 20.0 Å². The van der Waals surface area contributed by atoms with Crippen LogP contribution in [0.25, 0.3) is 0 Å². The lowest BCUT2D eigenvalue weighted by Gasteiger charge is -2.17. The Kier molecular flexibility index (Phi) is 7.70. The third-order valence-electron chi connectivity index (χ3n) is 1.99. The van der Waals surface area contributed by atoms with Crippen molar-refractivity contribution in [2.24, 2.45) is 0 Å². The number of rotatable bonds is 8. The van der Waals surface area contributed by atoms with E-state index in [4.69, 9.17) is 5.11 Å². The number of nitrogens with zero attached hydrogens (tertiary/aromatic N) is 1. The number of carbonyl (C=O) groups is 3. The number of likely N-dealkylation sites (N-methyl/N-ethyl adjacent to an activating group) is 1. The molecule has 0 aromatic rings. The third kappa shape index (κ3) is 9.31. The van der Waals surface area contributed by atoms with Crippen molar-refractivity contribution in [1.29, 1.82) is 0 Å². The van der Waals surface area contributed by atoms with Crippen molar-refractivity contribution in [1.82, 2.24) is 15.5 Å². The fraction of sp³-hybridized carbons (Fsp3) is 0.700. The van der Waals surface area contributed by atoms with Crippen LogP contribution in [0.15, 0.2) is 0 Å². The highest BCUT2D eigenvalue weighted by molar-refractivity contribution is 5.79. The second-order valence-corrected chi connectivity index (χ2v) is 3.53. The number of amides is 2. The average Bonchev–Trinajstić information content (AvgIpc) is 2.22. The van der Waals surface area contributed by atoms with Gasteiger partial charge in [-0.05, 0) is 6.54 Å². The first-order valence-corrected chi connectivity index (χ1v) is 5.41. The molecule has 3 N–H and O–H groups in total. The normalized spacial score (nSPS) is 10.1. The molecule has 0 heterocycles. The molecule has 0 spiro atoms. The summed E-state index contributed by atoms with van der Waals surface area (Å²) in [5, 5.41) is 13.7. The Labute approximate surface area is 100 Å². The summed E-state index contributed by atoms with van der Waals surface area (Å²) in [7, 11) is 0. The molecule has 0 saturated heterocycles. The molecular formula is C10H19N3O4. The van der Waals surface area contributed by atoms with Crippen LogP contribution < -0.4 is 10.6 Å². The molecule has 7 nitrogen and oxygen atoms in total. The molecule has 0 aromatic carbocycles. The van der Waals surface area contributed by atoms with Crippen LogP contribution in [-0.2, 0) is 14.4 Å².